The van der Waals surface area contributed by atoms with E-state index in [1.54, 1.807) is 24.3 Å². The Hall–Kier alpha value is -6.88. The van der Waals surface area contributed by atoms with Crippen LogP contribution in [0, 0.1) is 59.2 Å². The molecule has 0 spiro atoms. The average Bonchev–Trinajstić information content (AvgIpc) is 3.12. The number of hydrogen-bond acceptors (Lipinski definition) is 10. The van der Waals surface area contributed by atoms with Crippen LogP contribution in [0.5, 0.6) is 0 Å². The minimum absolute atomic E-state index is 0.0982. The first kappa shape index (κ1) is 39.1. The number of aryl methyl sites for hydroxylation is 2. The van der Waals surface area contributed by atoms with Crippen LogP contribution < -0.4 is 9.80 Å². The number of anilines is 2. The predicted molar refractivity (Wildman–Crippen MR) is 184 cm³/mol. The molecule has 240 valence electrons. The first-order chi connectivity index (χ1) is 22.9. The van der Waals surface area contributed by atoms with Crippen LogP contribution in [0.3, 0.4) is 0 Å². The summed E-state index contributed by atoms with van der Waals surface area (Å²) < 4.78 is 0. The van der Waals surface area contributed by atoms with Crippen molar-refractivity contribution in [3.05, 3.63) is 128 Å². The van der Waals surface area contributed by atoms with E-state index in [2.05, 4.69) is 12.1 Å². The summed E-state index contributed by atoms with van der Waals surface area (Å²) in [4.78, 5) is 45.5. The van der Waals surface area contributed by atoms with E-state index in [-0.39, 0.29) is 22.3 Å². The highest BCUT2D eigenvalue weighted by molar-refractivity contribution is 5.86. The molecule has 0 radical (unpaired) electrons. The van der Waals surface area contributed by atoms with Crippen LogP contribution in [-0.4, -0.2) is 53.3 Å². The van der Waals surface area contributed by atoms with E-state index in [1.807, 2.05) is 100 Å². The molecule has 10 nitrogen and oxygen atoms in total. The number of nitrogens with zero attached hydrogens (tertiary/aromatic N) is 6. The SMILES string of the molecule is CN(C)c1ccc(C=O)cc1.CN(C)c1ccc(C=O)cc1.Cc1cc(C#N)c(C)cc1C#N.N#Cc1cc(C=O)c(C#N)cc1C=O. The lowest BCUT2D eigenvalue weighted by Gasteiger charge is -2.11. The Labute approximate surface area is 280 Å². The van der Waals surface area contributed by atoms with Crippen molar-refractivity contribution in [3.63, 3.8) is 0 Å². The van der Waals surface area contributed by atoms with Crippen molar-refractivity contribution in [2.24, 2.45) is 0 Å². The van der Waals surface area contributed by atoms with Gasteiger partial charge in [0.15, 0.2) is 12.6 Å². The quantitative estimate of drug-likeness (QED) is 0.221. The smallest absolute Gasteiger partial charge is 0.151 e. The van der Waals surface area contributed by atoms with Gasteiger partial charge in [-0.3, -0.25) is 19.2 Å². The largest absolute Gasteiger partial charge is 0.378 e. The Bertz CT molecular complexity index is 1760. The van der Waals surface area contributed by atoms with Gasteiger partial charge in [-0.05, 0) is 97.8 Å². The van der Waals surface area contributed by atoms with Gasteiger partial charge >= 0.3 is 0 Å². The first-order valence-corrected chi connectivity index (χ1v) is 14.2. The molecule has 4 rings (SSSR count). The van der Waals surface area contributed by atoms with E-state index < -0.39 is 0 Å². The number of rotatable bonds is 6. The van der Waals surface area contributed by atoms with Crippen LogP contribution >= 0.6 is 0 Å². The van der Waals surface area contributed by atoms with Gasteiger partial charge in [-0.2, -0.15) is 21.0 Å². The molecule has 0 heterocycles. The van der Waals surface area contributed by atoms with Crippen molar-refractivity contribution in [3.8, 4) is 24.3 Å². The Balaban J connectivity index is 0.000000322. The van der Waals surface area contributed by atoms with Crippen molar-refractivity contribution >= 4 is 36.5 Å². The highest BCUT2D eigenvalue weighted by Gasteiger charge is 2.08. The maximum Gasteiger partial charge on any atom is 0.151 e. The molecule has 0 aliphatic carbocycles. The molecule has 0 unspecified atom stereocenters. The zero-order valence-electron chi connectivity index (χ0n) is 27.6. The van der Waals surface area contributed by atoms with Gasteiger partial charge in [0.2, 0.25) is 0 Å². The van der Waals surface area contributed by atoms with E-state index in [9.17, 15) is 19.2 Å². The third-order valence-corrected chi connectivity index (χ3v) is 6.62. The van der Waals surface area contributed by atoms with Crippen molar-refractivity contribution in [2.45, 2.75) is 13.8 Å². The molecule has 10 heteroatoms. The monoisotopic (exact) mass is 638 g/mol. The molecule has 0 bridgehead atoms. The lowest BCUT2D eigenvalue weighted by Crippen LogP contribution is -2.08. The second-order valence-corrected chi connectivity index (χ2v) is 10.4. The fourth-order valence-corrected chi connectivity index (χ4v) is 3.78. The highest BCUT2D eigenvalue weighted by atomic mass is 16.1. The second-order valence-electron chi connectivity index (χ2n) is 10.4. The Morgan fingerprint density at radius 3 is 0.958 bits per heavy atom. The maximum absolute atomic E-state index is 10.5. The summed E-state index contributed by atoms with van der Waals surface area (Å²) in [7, 11) is 7.87. The molecule has 0 fully saturated rings. The molecule has 0 aliphatic rings. The number of benzene rings is 4. The fraction of sp³-hybridized carbons (Fsp3) is 0.158. The zero-order chi connectivity index (χ0) is 36.2. The summed E-state index contributed by atoms with van der Waals surface area (Å²) in [6.45, 7) is 3.66. The van der Waals surface area contributed by atoms with E-state index in [0.717, 1.165) is 46.2 Å². The summed E-state index contributed by atoms with van der Waals surface area (Å²) in [5, 5.41) is 34.6. The number of hydrogen-bond donors (Lipinski definition) is 0. The van der Waals surface area contributed by atoms with Gasteiger partial charge in [-0.25, -0.2) is 0 Å². The minimum atomic E-state index is 0.0982. The standard InChI is InChI=1S/C10H4N2O2.C10H8N2.2C9H11NO/c11-3-7-1-9(5-13)8(4-12)2-10(7)6-14;1-7-3-10(6-12)8(2)4-9(7)5-11;2*1-10(2)9-5-3-8(7-11)4-6-9/h1-2,5-6H;3-4H,1-2H3;2*3-7H,1-2H3. The lowest BCUT2D eigenvalue weighted by molar-refractivity contribution is 0.111. The van der Waals surface area contributed by atoms with E-state index in [1.165, 1.54) is 12.1 Å². The fourth-order valence-electron chi connectivity index (χ4n) is 3.78. The van der Waals surface area contributed by atoms with Crippen molar-refractivity contribution in [2.75, 3.05) is 38.0 Å². The number of carbonyl (C=O) groups is 4. The van der Waals surface area contributed by atoms with Crippen molar-refractivity contribution in [1.29, 1.82) is 21.0 Å². The molecular formula is C38H34N6O4. The van der Waals surface area contributed by atoms with Gasteiger partial charge in [-0.15, -0.1) is 0 Å². The van der Waals surface area contributed by atoms with Gasteiger partial charge in [0.25, 0.3) is 0 Å². The first-order valence-electron chi connectivity index (χ1n) is 14.2. The van der Waals surface area contributed by atoms with Crippen LogP contribution in [-0.2, 0) is 0 Å². The van der Waals surface area contributed by atoms with Gasteiger partial charge in [0.1, 0.15) is 12.6 Å². The summed E-state index contributed by atoms with van der Waals surface area (Å²) >= 11 is 0. The predicted octanol–water partition coefficient (Wildman–Crippen LogP) is 6.23. The topological polar surface area (TPSA) is 170 Å². The zero-order valence-corrected chi connectivity index (χ0v) is 27.6. The van der Waals surface area contributed by atoms with E-state index in [0.29, 0.717) is 23.7 Å². The van der Waals surface area contributed by atoms with Gasteiger partial charge in [-0.1, -0.05) is 0 Å². The molecule has 0 aliphatic heterocycles. The molecule has 0 atom stereocenters. The maximum atomic E-state index is 10.5. The van der Waals surface area contributed by atoms with Crippen LogP contribution in [0.4, 0.5) is 11.4 Å². The summed E-state index contributed by atoms with van der Waals surface area (Å²) in [6, 6.07) is 28.6. The van der Waals surface area contributed by atoms with Crippen molar-refractivity contribution < 1.29 is 19.2 Å². The molecule has 4 aromatic carbocycles. The molecule has 0 amide bonds. The Kier molecular flexibility index (Phi) is 16.5. The molecule has 0 N–H and O–H groups in total. The normalized spacial score (nSPS) is 8.88. The second kappa shape index (κ2) is 20.2. The molecule has 0 aromatic heterocycles. The number of aldehydes is 4. The number of nitriles is 4. The average molecular weight is 639 g/mol. The van der Waals surface area contributed by atoms with Gasteiger partial charge < -0.3 is 9.80 Å². The van der Waals surface area contributed by atoms with Crippen LogP contribution in [0.15, 0.2) is 72.8 Å². The van der Waals surface area contributed by atoms with Gasteiger partial charge in [0.05, 0.1) is 46.5 Å². The van der Waals surface area contributed by atoms with Crippen LogP contribution in [0.25, 0.3) is 0 Å². The van der Waals surface area contributed by atoms with Gasteiger partial charge in [0, 0.05) is 61.8 Å². The van der Waals surface area contributed by atoms with E-state index >= 15 is 0 Å². The molecule has 4 aromatic rings. The Morgan fingerprint density at radius 1 is 0.458 bits per heavy atom. The molecular weight excluding hydrogens is 604 g/mol. The summed E-state index contributed by atoms with van der Waals surface area (Å²) in [5.41, 5.74) is 7.10. The van der Waals surface area contributed by atoms with Crippen LogP contribution in [0.1, 0.15) is 74.8 Å². The third kappa shape index (κ3) is 11.9. The summed E-state index contributed by atoms with van der Waals surface area (Å²) in [5.74, 6) is 0. The third-order valence-electron chi connectivity index (χ3n) is 6.62. The van der Waals surface area contributed by atoms with Crippen molar-refractivity contribution in [1.82, 2.24) is 0 Å². The highest BCUT2D eigenvalue weighted by Crippen LogP contribution is 2.15. The lowest BCUT2D eigenvalue weighted by atomic mass is 10.0. The van der Waals surface area contributed by atoms with Crippen LogP contribution in [0.2, 0.25) is 0 Å². The molecule has 48 heavy (non-hydrogen) atoms. The summed E-state index contributed by atoms with van der Waals surface area (Å²) in [6.07, 6.45) is 2.65. The number of carbonyl (C=O) groups excluding carboxylic acids is 4. The minimum Gasteiger partial charge on any atom is -0.378 e. The Morgan fingerprint density at radius 2 is 0.750 bits per heavy atom. The molecule has 0 saturated carbocycles. The molecule has 0 saturated heterocycles. The van der Waals surface area contributed by atoms with E-state index in [4.69, 9.17) is 21.0 Å².